The van der Waals surface area contributed by atoms with Gasteiger partial charge in [0.2, 0.25) is 5.91 Å². The van der Waals surface area contributed by atoms with Crippen LogP contribution in [0.25, 0.3) is 0 Å². The van der Waals surface area contributed by atoms with E-state index < -0.39 is 5.54 Å². The lowest BCUT2D eigenvalue weighted by molar-refractivity contribution is -0.136. The van der Waals surface area contributed by atoms with E-state index in [1.54, 1.807) is 0 Å². The molecule has 1 saturated heterocycles. The summed E-state index contributed by atoms with van der Waals surface area (Å²) in [5.41, 5.74) is 5.58. The van der Waals surface area contributed by atoms with Gasteiger partial charge in [-0.1, -0.05) is 12.8 Å². The highest BCUT2D eigenvalue weighted by atomic mass is 35.5. The lowest BCUT2D eigenvalue weighted by atomic mass is 9.96. The highest BCUT2D eigenvalue weighted by molar-refractivity contribution is 5.86. The number of nitrogens with zero attached hydrogens (tertiary/aromatic N) is 1. The SMILES string of the molecule is CN(CC1CCOC1)C(=O)C1(N)CCCC1.Cl. The van der Waals surface area contributed by atoms with Crippen molar-refractivity contribution in [1.29, 1.82) is 0 Å². The van der Waals surface area contributed by atoms with E-state index in [4.69, 9.17) is 10.5 Å². The maximum atomic E-state index is 12.2. The molecule has 4 nitrogen and oxygen atoms in total. The maximum absolute atomic E-state index is 12.2. The van der Waals surface area contributed by atoms with Crippen molar-refractivity contribution in [2.45, 2.75) is 37.6 Å². The third kappa shape index (κ3) is 3.33. The number of ether oxygens (including phenoxy) is 1. The van der Waals surface area contributed by atoms with Gasteiger partial charge in [-0.2, -0.15) is 0 Å². The minimum absolute atomic E-state index is 0. The van der Waals surface area contributed by atoms with Crippen LogP contribution in [0.4, 0.5) is 0 Å². The summed E-state index contributed by atoms with van der Waals surface area (Å²) < 4.78 is 5.32. The van der Waals surface area contributed by atoms with Crippen molar-refractivity contribution in [2.75, 3.05) is 26.8 Å². The molecule has 0 radical (unpaired) electrons. The summed E-state index contributed by atoms with van der Waals surface area (Å²) in [6.45, 7) is 2.41. The molecular weight excluding hydrogens is 240 g/mol. The van der Waals surface area contributed by atoms with E-state index in [9.17, 15) is 4.79 Å². The van der Waals surface area contributed by atoms with E-state index in [-0.39, 0.29) is 18.3 Å². The fourth-order valence-corrected chi connectivity index (χ4v) is 2.80. The first-order valence-electron chi connectivity index (χ1n) is 6.24. The van der Waals surface area contributed by atoms with Crippen LogP contribution in [0.2, 0.25) is 0 Å². The predicted octanol–water partition coefficient (Wildman–Crippen LogP) is 1.17. The van der Waals surface area contributed by atoms with Gasteiger partial charge in [0.05, 0.1) is 12.1 Å². The van der Waals surface area contributed by atoms with Crippen molar-refractivity contribution in [1.82, 2.24) is 4.90 Å². The summed E-state index contributed by atoms with van der Waals surface area (Å²) >= 11 is 0. The molecule has 0 aromatic heterocycles. The van der Waals surface area contributed by atoms with Gasteiger partial charge in [0.25, 0.3) is 0 Å². The van der Waals surface area contributed by atoms with Gasteiger partial charge in [-0.15, -0.1) is 12.4 Å². The maximum Gasteiger partial charge on any atom is 0.242 e. The number of hydrogen-bond donors (Lipinski definition) is 1. The lowest BCUT2D eigenvalue weighted by Crippen LogP contribution is -2.53. The predicted molar refractivity (Wildman–Crippen MR) is 69.2 cm³/mol. The molecule has 0 bridgehead atoms. The summed E-state index contributed by atoms with van der Waals surface area (Å²) in [5.74, 6) is 0.621. The van der Waals surface area contributed by atoms with Gasteiger partial charge < -0.3 is 15.4 Å². The molecule has 0 spiro atoms. The van der Waals surface area contributed by atoms with E-state index in [0.29, 0.717) is 5.92 Å². The quantitative estimate of drug-likeness (QED) is 0.831. The second-order valence-corrected chi connectivity index (χ2v) is 5.28. The summed E-state index contributed by atoms with van der Waals surface area (Å²) in [6, 6.07) is 0. The van der Waals surface area contributed by atoms with Gasteiger partial charge in [-0.05, 0) is 19.3 Å². The van der Waals surface area contributed by atoms with E-state index in [2.05, 4.69) is 0 Å². The zero-order valence-corrected chi connectivity index (χ0v) is 11.3. The number of hydrogen-bond acceptors (Lipinski definition) is 3. The third-order valence-corrected chi connectivity index (χ3v) is 3.82. The molecule has 2 aliphatic rings. The van der Waals surface area contributed by atoms with Crippen LogP contribution in [0.15, 0.2) is 0 Å². The standard InChI is InChI=1S/C12H22N2O2.ClH/c1-14(8-10-4-7-16-9-10)11(15)12(13)5-2-3-6-12;/h10H,2-9,13H2,1H3;1H. The van der Waals surface area contributed by atoms with Crippen LogP contribution in [-0.4, -0.2) is 43.2 Å². The summed E-state index contributed by atoms with van der Waals surface area (Å²) in [5, 5.41) is 0. The number of carbonyl (C=O) groups excluding carboxylic acids is 1. The fourth-order valence-electron chi connectivity index (χ4n) is 2.80. The number of rotatable bonds is 3. The van der Waals surface area contributed by atoms with E-state index in [1.165, 1.54) is 0 Å². The number of carbonyl (C=O) groups is 1. The molecule has 1 saturated carbocycles. The molecule has 2 rings (SSSR count). The van der Waals surface area contributed by atoms with Crippen molar-refractivity contribution in [2.24, 2.45) is 11.7 Å². The van der Waals surface area contributed by atoms with Crippen molar-refractivity contribution < 1.29 is 9.53 Å². The molecule has 0 aromatic carbocycles. The highest BCUT2D eigenvalue weighted by Gasteiger charge is 2.39. The van der Waals surface area contributed by atoms with Gasteiger partial charge in [0, 0.05) is 26.1 Å². The lowest BCUT2D eigenvalue weighted by Gasteiger charge is -2.30. The van der Waals surface area contributed by atoms with Gasteiger partial charge in [0.1, 0.15) is 0 Å². The second-order valence-electron chi connectivity index (χ2n) is 5.28. The first-order valence-corrected chi connectivity index (χ1v) is 6.24. The van der Waals surface area contributed by atoms with Gasteiger partial charge in [-0.25, -0.2) is 0 Å². The molecule has 1 atom stereocenters. The van der Waals surface area contributed by atoms with Gasteiger partial charge >= 0.3 is 0 Å². The van der Waals surface area contributed by atoms with E-state index >= 15 is 0 Å². The van der Waals surface area contributed by atoms with Crippen LogP contribution >= 0.6 is 12.4 Å². The fraction of sp³-hybridized carbons (Fsp3) is 0.917. The smallest absolute Gasteiger partial charge is 0.242 e. The van der Waals surface area contributed by atoms with Crippen LogP contribution in [0.1, 0.15) is 32.1 Å². The Labute approximate surface area is 109 Å². The molecule has 1 unspecified atom stereocenters. The number of amides is 1. The molecule has 1 amide bonds. The Hall–Kier alpha value is -0.320. The zero-order chi connectivity index (χ0) is 11.6. The summed E-state index contributed by atoms with van der Waals surface area (Å²) in [7, 11) is 1.87. The second kappa shape index (κ2) is 6.03. The Kier molecular flexibility index (Phi) is 5.22. The molecular formula is C12H23ClN2O2. The Balaban J connectivity index is 0.00000144. The Bertz CT molecular complexity index is 261. The molecule has 2 fully saturated rings. The van der Waals surface area contributed by atoms with E-state index in [0.717, 1.165) is 51.9 Å². The number of halogens is 1. The molecule has 5 heteroatoms. The van der Waals surface area contributed by atoms with Crippen LogP contribution in [-0.2, 0) is 9.53 Å². The monoisotopic (exact) mass is 262 g/mol. The molecule has 100 valence electrons. The van der Waals surface area contributed by atoms with E-state index in [1.807, 2.05) is 11.9 Å². The minimum Gasteiger partial charge on any atom is -0.381 e. The van der Waals surface area contributed by atoms with Gasteiger partial charge in [0.15, 0.2) is 0 Å². The number of nitrogens with two attached hydrogens (primary N) is 1. The average molecular weight is 263 g/mol. The Morgan fingerprint density at radius 1 is 1.47 bits per heavy atom. The van der Waals surface area contributed by atoms with Crippen molar-refractivity contribution in [3.05, 3.63) is 0 Å². The first-order chi connectivity index (χ1) is 7.62. The average Bonchev–Trinajstić information content (AvgIpc) is 2.89. The summed E-state index contributed by atoms with van der Waals surface area (Å²) in [4.78, 5) is 14.0. The third-order valence-electron chi connectivity index (χ3n) is 3.82. The zero-order valence-electron chi connectivity index (χ0n) is 10.5. The van der Waals surface area contributed by atoms with Crippen molar-refractivity contribution in [3.63, 3.8) is 0 Å². The first kappa shape index (κ1) is 14.7. The Morgan fingerprint density at radius 3 is 2.65 bits per heavy atom. The Morgan fingerprint density at radius 2 is 2.12 bits per heavy atom. The number of likely N-dealkylation sites (N-methyl/N-ethyl adjacent to an activating group) is 1. The molecule has 2 N–H and O–H groups in total. The van der Waals surface area contributed by atoms with Crippen molar-refractivity contribution in [3.8, 4) is 0 Å². The molecule has 1 aliphatic carbocycles. The van der Waals surface area contributed by atoms with Crippen LogP contribution < -0.4 is 5.73 Å². The van der Waals surface area contributed by atoms with Crippen molar-refractivity contribution >= 4 is 18.3 Å². The molecule has 17 heavy (non-hydrogen) atoms. The molecule has 1 aliphatic heterocycles. The van der Waals surface area contributed by atoms with Crippen LogP contribution in [0, 0.1) is 5.92 Å². The minimum atomic E-state index is -0.575. The topological polar surface area (TPSA) is 55.6 Å². The van der Waals surface area contributed by atoms with Crippen LogP contribution in [0.5, 0.6) is 0 Å². The largest absolute Gasteiger partial charge is 0.381 e. The van der Waals surface area contributed by atoms with Gasteiger partial charge in [-0.3, -0.25) is 4.79 Å². The van der Waals surface area contributed by atoms with Crippen LogP contribution in [0.3, 0.4) is 0 Å². The highest BCUT2D eigenvalue weighted by Crippen LogP contribution is 2.29. The molecule has 1 heterocycles. The normalized spacial score (nSPS) is 26.6. The molecule has 0 aromatic rings. The summed E-state index contributed by atoms with van der Waals surface area (Å²) in [6.07, 6.45) is 4.93.